The molecular weight excluding hydrogens is 260 g/mol. The Bertz CT molecular complexity index is 261. The zero-order valence-corrected chi connectivity index (χ0v) is 12.9. The minimum Gasteiger partial charge on any atom is -0.353 e. The number of carbonyl (C=O) groups is 1. The molecule has 1 saturated carbocycles. The number of piperidine rings is 1. The van der Waals surface area contributed by atoms with Crippen LogP contribution in [0.15, 0.2) is 0 Å². The molecule has 2 fully saturated rings. The molecule has 1 amide bonds. The summed E-state index contributed by atoms with van der Waals surface area (Å²) in [5.74, 6) is 1.60. The lowest BCUT2D eigenvalue weighted by Crippen LogP contribution is -2.40. The molecule has 2 rings (SSSR count). The second-order valence-corrected chi connectivity index (χ2v) is 6.15. The van der Waals surface area contributed by atoms with E-state index in [9.17, 15) is 4.79 Å². The van der Waals surface area contributed by atoms with Gasteiger partial charge in [0.2, 0.25) is 5.91 Å². The topological polar surface area (TPSA) is 41.1 Å². The molecule has 1 aliphatic carbocycles. The molecule has 1 unspecified atom stereocenters. The highest BCUT2D eigenvalue weighted by molar-refractivity contribution is 5.85. The summed E-state index contributed by atoms with van der Waals surface area (Å²) >= 11 is 0. The fraction of sp³-hybridized carbons (Fsp3) is 0.933. The molecular formula is C15H29ClN2O. The first-order valence-corrected chi connectivity index (χ1v) is 7.76. The van der Waals surface area contributed by atoms with Crippen LogP contribution in [0.3, 0.4) is 0 Å². The lowest BCUT2D eigenvalue weighted by molar-refractivity contribution is -0.123. The lowest BCUT2D eigenvalue weighted by Gasteiger charge is -2.29. The minimum absolute atomic E-state index is 0. The average molecular weight is 289 g/mol. The lowest BCUT2D eigenvalue weighted by atomic mass is 9.84. The molecule has 4 heteroatoms. The van der Waals surface area contributed by atoms with Gasteiger partial charge in [-0.25, -0.2) is 0 Å². The molecule has 19 heavy (non-hydrogen) atoms. The standard InChI is InChI=1S/C15H28N2O.ClH/c1-12(14-5-3-2-4-6-14)17-15(18)11-13-7-9-16-10-8-13;/h12-14,16H,2-11H2,1H3,(H,17,18);1H. The van der Waals surface area contributed by atoms with Gasteiger partial charge in [-0.15, -0.1) is 12.4 Å². The number of amides is 1. The second kappa shape index (κ2) is 8.80. The molecule has 0 bridgehead atoms. The average Bonchev–Trinajstić information content (AvgIpc) is 2.40. The van der Waals surface area contributed by atoms with Gasteiger partial charge in [-0.05, 0) is 57.5 Å². The summed E-state index contributed by atoms with van der Waals surface area (Å²) in [6.45, 7) is 4.35. The zero-order chi connectivity index (χ0) is 12.8. The third kappa shape index (κ3) is 5.70. The minimum atomic E-state index is 0. The Morgan fingerprint density at radius 3 is 2.42 bits per heavy atom. The number of carbonyl (C=O) groups excluding carboxylic acids is 1. The largest absolute Gasteiger partial charge is 0.353 e. The van der Waals surface area contributed by atoms with Crippen LogP contribution in [0, 0.1) is 11.8 Å². The van der Waals surface area contributed by atoms with Crippen LogP contribution in [0.4, 0.5) is 0 Å². The maximum Gasteiger partial charge on any atom is 0.220 e. The van der Waals surface area contributed by atoms with Crippen molar-refractivity contribution in [2.24, 2.45) is 11.8 Å². The Balaban J connectivity index is 0.00000180. The normalized spacial score (nSPS) is 23.4. The van der Waals surface area contributed by atoms with Crippen LogP contribution >= 0.6 is 12.4 Å². The first-order valence-electron chi connectivity index (χ1n) is 7.76. The summed E-state index contributed by atoms with van der Waals surface area (Å²) in [5.41, 5.74) is 0. The monoisotopic (exact) mass is 288 g/mol. The highest BCUT2D eigenvalue weighted by atomic mass is 35.5. The third-order valence-corrected chi connectivity index (χ3v) is 4.68. The SMILES string of the molecule is CC(NC(=O)CC1CCNCC1)C1CCCCC1.Cl. The molecule has 0 aromatic carbocycles. The molecule has 0 radical (unpaired) electrons. The van der Waals surface area contributed by atoms with Crippen molar-refractivity contribution in [2.75, 3.05) is 13.1 Å². The van der Waals surface area contributed by atoms with Crippen LogP contribution in [-0.2, 0) is 4.79 Å². The fourth-order valence-corrected chi connectivity index (χ4v) is 3.41. The number of hydrogen-bond donors (Lipinski definition) is 2. The summed E-state index contributed by atoms with van der Waals surface area (Å²) in [7, 11) is 0. The number of rotatable bonds is 4. The number of hydrogen-bond acceptors (Lipinski definition) is 2. The molecule has 2 aliphatic rings. The Hall–Kier alpha value is -0.280. The van der Waals surface area contributed by atoms with Gasteiger partial charge in [0.25, 0.3) is 0 Å². The summed E-state index contributed by atoms with van der Waals surface area (Å²) in [5, 5.41) is 6.59. The second-order valence-electron chi connectivity index (χ2n) is 6.15. The van der Waals surface area contributed by atoms with E-state index < -0.39 is 0 Å². The fourth-order valence-electron chi connectivity index (χ4n) is 3.41. The molecule has 1 atom stereocenters. The van der Waals surface area contributed by atoms with Gasteiger partial charge in [-0.1, -0.05) is 19.3 Å². The van der Waals surface area contributed by atoms with E-state index >= 15 is 0 Å². The van der Waals surface area contributed by atoms with Gasteiger partial charge in [0.05, 0.1) is 0 Å². The van der Waals surface area contributed by atoms with Crippen LogP contribution in [0.5, 0.6) is 0 Å². The van der Waals surface area contributed by atoms with Crippen molar-refractivity contribution >= 4 is 18.3 Å². The van der Waals surface area contributed by atoms with Gasteiger partial charge < -0.3 is 10.6 Å². The molecule has 2 N–H and O–H groups in total. The van der Waals surface area contributed by atoms with Crippen molar-refractivity contribution in [3.63, 3.8) is 0 Å². The van der Waals surface area contributed by atoms with Crippen molar-refractivity contribution in [2.45, 2.75) is 64.3 Å². The van der Waals surface area contributed by atoms with E-state index in [2.05, 4.69) is 17.6 Å². The van der Waals surface area contributed by atoms with Gasteiger partial charge in [-0.2, -0.15) is 0 Å². The molecule has 0 spiro atoms. The highest BCUT2D eigenvalue weighted by Crippen LogP contribution is 2.26. The van der Waals surface area contributed by atoms with Gasteiger partial charge >= 0.3 is 0 Å². The molecule has 0 aromatic heterocycles. The molecule has 1 heterocycles. The Morgan fingerprint density at radius 2 is 1.79 bits per heavy atom. The van der Waals surface area contributed by atoms with E-state index in [0.717, 1.165) is 38.3 Å². The molecule has 0 aromatic rings. The van der Waals surface area contributed by atoms with Gasteiger partial charge in [0.15, 0.2) is 0 Å². The zero-order valence-electron chi connectivity index (χ0n) is 12.1. The van der Waals surface area contributed by atoms with Crippen LogP contribution in [0.25, 0.3) is 0 Å². The summed E-state index contributed by atoms with van der Waals surface area (Å²) in [4.78, 5) is 12.0. The quantitative estimate of drug-likeness (QED) is 0.835. The van der Waals surface area contributed by atoms with Crippen molar-refractivity contribution in [1.82, 2.24) is 10.6 Å². The molecule has 1 saturated heterocycles. The maximum absolute atomic E-state index is 12.0. The van der Waals surface area contributed by atoms with Crippen LogP contribution in [-0.4, -0.2) is 25.0 Å². The van der Waals surface area contributed by atoms with E-state index in [1.54, 1.807) is 0 Å². The summed E-state index contributed by atoms with van der Waals surface area (Å²) in [6.07, 6.45) is 9.73. The Labute approximate surface area is 123 Å². The summed E-state index contributed by atoms with van der Waals surface area (Å²) < 4.78 is 0. The predicted molar refractivity (Wildman–Crippen MR) is 81.6 cm³/mol. The maximum atomic E-state index is 12.0. The van der Waals surface area contributed by atoms with Crippen molar-refractivity contribution in [1.29, 1.82) is 0 Å². The highest BCUT2D eigenvalue weighted by Gasteiger charge is 2.23. The molecule has 3 nitrogen and oxygen atoms in total. The number of nitrogens with one attached hydrogen (secondary N) is 2. The third-order valence-electron chi connectivity index (χ3n) is 4.68. The van der Waals surface area contributed by atoms with Crippen molar-refractivity contribution in [3.8, 4) is 0 Å². The smallest absolute Gasteiger partial charge is 0.220 e. The van der Waals surface area contributed by atoms with E-state index in [4.69, 9.17) is 0 Å². The van der Waals surface area contributed by atoms with Crippen molar-refractivity contribution in [3.05, 3.63) is 0 Å². The first kappa shape index (κ1) is 16.8. The Morgan fingerprint density at radius 1 is 1.16 bits per heavy atom. The molecule has 112 valence electrons. The predicted octanol–water partition coefficient (Wildman–Crippen LogP) is 2.88. The number of halogens is 1. The van der Waals surface area contributed by atoms with Crippen LogP contribution < -0.4 is 10.6 Å². The first-order chi connectivity index (χ1) is 8.75. The summed E-state index contributed by atoms with van der Waals surface area (Å²) in [6, 6.07) is 0.375. The molecule has 1 aliphatic heterocycles. The van der Waals surface area contributed by atoms with Crippen LogP contribution in [0.1, 0.15) is 58.3 Å². The van der Waals surface area contributed by atoms with Crippen molar-refractivity contribution < 1.29 is 4.79 Å². The van der Waals surface area contributed by atoms with Gasteiger partial charge in [0.1, 0.15) is 0 Å². The van der Waals surface area contributed by atoms with E-state index in [0.29, 0.717) is 12.0 Å². The van der Waals surface area contributed by atoms with Crippen LogP contribution in [0.2, 0.25) is 0 Å². The van der Waals surface area contributed by atoms with Gasteiger partial charge in [-0.3, -0.25) is 4.79 Å². The Kier molecular flexibility index (Phi) is 7.77. The van der Waals surface area contributed by atoms with Gasteiger partial charge in [0, 0.05) is 12.5 Å². The van der Waals surface area contributed by atoms with E-state index in [1.807, 2.05) is 0 Å². The van der Waals surface area contributed by atoms with E-state index in [-0.39, 0.29) is 18.3 Å². The van der Waals surface area contributed by atoms with E-state index in [1.165, 1.54) is 32.1 Å².